The fraction of sp³-hybridized carbons (Fsp3) is 0.600. The topological polar surface area (TPSA) is 52.6 Å². The zero-order chi connectivity index (χ0) is 11.4. The van der Waals surface area contributed by atoms with Crippen LogP contribution in [0.25, 0.3) is 0 Å². The van der Waals surface area contributed by atoms with Crippen molar-refractivity contribution in [2.75, 3.05) is 13.2 Å². The van der Waals surface area contributed by atoms with Crippen LogP contribution in [0, 0.1) is 0 Å². The molecule has 14 heavy (non-hydrogen) atoms. The molecule has 0 bridgehead atoms. The third-order valence-corrected chi connectivity index (χ3v) is 0.914. The largest absolute Gasteiger partial charge is 0.466 e. The number of ether oxygens (including phenoxy) is 2. The highest BCUT2D eigenvalue weighted by molar-refractivity contribution is 5.66. The van der Waals surface area contributed by atoms with Crippen molar-refractivity contribution in [1.82, 2.24) is 0 Å². The van der Waals surface area contributed by atoms with Crippen molar-refractivity contribution in [3.05, 3.63) is 12.7 Å². The minimum Gasteiger partial charge on any atom is -0.466 e. The molecule has 0 saturated carbocycles. The minimum absolute atomic E-state index is 0.193. The van der Waals surface area contributed by atoms with Crippen LogP contribution in [0.2, 0.25) is 0 Å². The minimum atomic E-state index is -0.264. The van der Waals surface area contributed by atoms with Crippen molar-refractivity contribution in [1.29, 1.82) is 0 Å². The molecule has 4 nitrogen and oxygen atoms in total. The van der Waals surface area contributed by atoms with Crippen LogP contribution < -0.4 is 0 Å². The van der Waals surface area contributed by atoms with Crippen molar-refractivity contribution in [3.63, 3.8) is 0 Å². The highest BCUT2D eigenvalue weighted by Gasteiger charge is 1.85. The number of carbonyl (C=O) groups excluding carboxylic acids is 2. The van der Waals surface area contributed by atoms with Crippen molar-refractivity contribution in [3.8, 4) is 0 Å². The Morgan fingerprint density at radius 3 is 1.86 bits per heavy atom. The first-order valence-corrected chi connectivity index (χ1v) is 4.42. The highest BCUT2D eigenvalue weighted by Crippen LogP contribution is 1.78. The molecule has 0 aromatic rings. The maximum absolute atomic E-state index is 9.98. The Morgan fingerprint density at radius 2 is 1.71 bits per heavy atom. The third kappa shape index (κ3) is 22.4. The molecule has 0 spiro atoms. The van der Waals surface area contributed by atoms with Gasteiger partial charge in [-0.05, 0) is 6.42 Å². The van der Waals surface area contributed by atoms with Crippen molar-refractivity contribution in [2.24, 2.45) is 0 Å². The summed E-state index contributed by atoms with van der Waals surface area (Å²) < 4.78 is 8.99. The Morgan fingerprint density at radius 1 is 1.21 bits per heavy atom. The van der Waals surface area contributed by atoms with E-state index in [0.29, 0.717) is 13.2 Å². The van der Waals surface area contributed by atoms with Gasteiger partial charge < -0.3 is 9.47 Å². The Kier molecular flexibility index (Phi) is 12.7. The number of carbonyl (C=O) groups is 2. The molecular weight excluding hydrogens is 184 g/mol. The summed E-state index contributed by atoms with van der Waals surface area (Å²) in [6, 6.07) is 0. The number of esters is 2. The first kappa shape index (κ1) is 15.2. The van der Waals surface area contributed by atoms with Crippen molar-refractivity contribution < 1.29 is 19.1 Å². The van der Waals surface area contributed by atoms with Gasteiger partial charge in [0, 0.05) is 13.8 Å². The molecule has 0 N–H and O–H groups in total. The summed E-state index contributed by atoms with van der Waals surface area (Å²) in [5.74, 6) is -0.457. The van der Waals surface area contributed by atoms with Crippen LogP contribution in [-0.2, 0) is 19.1 Å². The molecule has 0 aliphatic rings. The Hall–Kier alpha value is -1.32. The summed E-state index contributed by atoms with van der Waals surface area (Å²) in [6.07, 6.45) is 2.43. The smallest absolute Gasteiger partial charge is 0.302 e. The zero-order valence-electron chi connectivity index (χ0n) is 9.04. The van der Waals surface area contributed by atoms with E-state index in [0.717, 1.165) is 6.42 Å². The Balaban J connectivity index is 0. The van der Waals surface area contributed by atoms with Gasteiger partial charge >= 0.3 is 11.9 Å². The van der Waals surface area contributed by atoms with Crippen molar-refractivity contribution >= 4 is 11.9 Å². The van der Waals surface area contributed by atoms with Gasteiger partial charge in [-0.25, -0.2) is 0 Å². The molecule has 0 aliphatic heterocycles. The molecular formula is C10H18O4. The van der Waals surface area contributed by atoms with Crippen LogP contribution >= 0.6 is 0 Å². The van der Waals surface area contributed by atoms with Crippen LogP contribution in [0.4, 0.5) is 0 Å². The predicted octanol–water partition coefficient (Wildman–Crippen LogP) is 1.70. The second-order valence-corrected chi connectivity index (χ2v) is 2.43. The molecule has 0 unspecified atom stereocenters. The Labute approximate surface area is 84.9 Å². The van der Waals surface area contributed by atoms with E-state index >= 15 is 0 Å². The van der Waals surface area contributed by atoms with Gasteiger partial charge in [-0.3, -0.25) is 9.59 Å². The summed E-state index contributed by atoms with van der Waals surface area (Å²) in [5, 5.41) is 0. The molecule has 0 atom stereocenters. The average Bonchev–Trinajstić information content (AvgIpc) is 2.12. The van der Waals surface area contributed by atoms with Gasteiger partial charge in [0.25, 0.3) is 0 Å². The molecule has 0 saturated heterocycles. The molecule has 0 fully saturated rings. The average molecular weight is 202 g/mol. The van der Waals surface area contributed by atoms with Crippen molar-refractivity contribution in [2.45, 2.75) is 27.2 Å². The highest BCUT2D eigenvalue weighted by atomic mass is 16.5. The number of hydrogen-bond acceptors (Lipinski definition) is 4. The van der Waals surface area contributed by atoms with Gasteiger partial charge in [-0.2, -0.15) is 0 Å². The summed E-state index contributed by atoms with van der Waals surface area (Å²) in [7, 11) is 0. The van der Waals surface area contributed by atoms with Gasteiger partial charge in [-0.15, -0.1) is 0 Å². The molecule has 0 rings (SSSR count). The van der Waals surface area contributed by atoms with E-state index < -0.39 is 0 Å². The van der Waals surface area contributed by atoms with Crippen LogP contribution in [-0.4, -0.2) is 25.2 Å². The zero-order valence-corrected chi connectivity index (χ0v) is 9.04. The second-order valence-electron chi connectivity index (χ2n) is 2.43. The predicted molar refractivity (Wildman–Crippen MR) is 53.8 cm³/mol. The van der Waals surface area contributed by atoms with E-state index in [1.54, 1.807) is 0 Å². The van der Waals surface area contributed by atoms with Gasteiger partial charge in [0.15, 0.2) is 0 Å². The summed E-state index contributed by atoms with van der Waals surface area (Å²) in [4.78, 5) is 19.9. The van der Waals surface area contributed by atoms with Gasteiger partial charge in [0.05, 0.1) is 6.61 Å². The molecule has 0 aliphatic carbocycles. The lowest BCUT2D eigenvalue weighted by Gasteiger charge is -1.93. The van der Waals surface area contributed by atoms with Gasteiger partial charge in [-0.1, -0.05) is 19.6 Å². The first-order chi connectivity index (χ1) is 6.54. The first-order valence-electron chi connectivity index (χ1n) is 4.42. The molecule has 4 heteroatoms. The summed E-state index contributed by atoms with van der Waals surface area (Å²) in [5.41, 5.74) is 0. The van der Waals surface area contributed by atoms with Crippen LogP contribution in [0.15, 0.2) is 12.7 Å². The SMILES string of the molecule is C=CCOC(C)=O.CCCOC(C)=O. The number of hydrogen-bond donors (Lipinski definition) is 0. The van der Waals surface area contributed by atoms with E-state index in [2.05, 4.69) is 16.1 Å². The standard InChI is InChI=1S/C5H10O2.C5H8O2/c2*1-3-4-7-5(2)6/h3-4H2,1-2H3;3H,1,4H2,2H3. The molecule has 0 aromatic heterocycles. The van der Waals surface area contributed by atoms with E-state index in [1.165, 1.54) is 19.9 Å². The molecule has 82 valence electrons. The molecule has 0 radical (unpaired) electrons. The summed E-state index contributed by atoms with van der Waals surface area (Å²) in [6.45, 7) is 8.96. The second kappa shape index (κ2) is 11.7. The molecule has 0 amide bonds. The molecule has 0 aromatic carbocycles. The molecule has 0 heterocycles. The lowest BCUT2D eigenvalue weighted by molar-refractivity contribution is -0.141. The van der Waals surface area contributed by atoms with Gasteiger partial charge in [0.2, 0.25) is 0 Å². The third-order valence-electron chi connectivity index (χ3n) is 0.914. The number of rotatable bonds is 4. The van der Waals surface area contributed by atoms with Crippen LogP contribution in [0.5, 0.6) is 0 Å². The van der Waals surface area contributed by atoms with E-state index in [9.17, 15) is 9.59 Å². The maximum Gasteiger partial charge on any atom is 0.302 e. The fourth-order valence-electron chi connectivity index (χ4n) is 0.422. The maximum atomic E-state index is 9.98. The van der Waals surface area contributed by atoms with Crippen LogP contribution in [0.3, 0.4) is 0 Å². The van der Waals surface area contributed by atoms with E-state index in [-0.39, 0.29) is 11.9 Å². The fourth-order valence-corrected chi connectivity index (χ4v) is 0.422. The van der Waals surface area contributed by atoms with Crippen LogP contribution in [0.1, 0.15) is 27.2 Å². The monoisotopic (exact) mass is 202 g/mol. The lowest BCUT2D eigenvalue weighted by atomic mass is 10.5. The quantitative estimate of drug-likeness (QED) is 0.514. The van der Waals surface area contributed by atoms with E-state index in [1.807, 2.05) is 6.92 Å². The normalized spacial score (nSPS) is 7.93. The summed E-state index contributed by atoms with van der Waals surface area (Å²) >= 11 is 0. The lowest BCUT2D eigenvalue weighted by Crippen LogP contribution is -1.98. The van der Waals surface area contributed by atoms with Gasteiger partial charge in [0.1, 0.15) is 6.61 Å². The Bertz CT molecular complexity index is 175. The van der Waals surface area contributed by atoms with E-state index in [4.69, 9.17) is 0 Å².